The predicted octanol–water partition coefficient (Wildman–Crippen LogP) is 5.73. The van der Waals surface area contributed by atoms with Crippen molar-refractivity contribution >= 4 is 56.4 Å². The quantitative estimate of drug-likeness (QED) is 0.362. The standard InChI is InChI=1S/C26H19BrF3N3O4S/c27-17-5-7-18(8-6-17)31-23(34)12-20-24(35)33(19-3-1-2-16(11-19)26(28,29)30)25(38)32(20)13-15-4-9-21-22(10-15)37-14-36-21/h1-11,20H,12-14H2,(H,31,34). The Morgan fingerprint density at radius 3 is 2.53 bits per heavy atom. The summed E-state index contributed by atoms with van der Waals surface area (Å²) in [4.78, 5) is 29.1. The van der Waals surface area contributed by atoms with Gasteiger partial charge in [-0.3, -0.25) is 14.5 Å². The summed E-state index contributed by atoms with van der Waals surface area (Å²) in [5.41, 5.74) is 0.308. The number of nitrogens with zero attached hydrogens (tertiary/aromatic N) is 2. The molecule has 0 bridgehead atoms. The van der Waals surface area contributed by atoms with Crippen molar-refractivity contribution in [2.45, 2.75) is 25.2 Å². The summed E-state index contributed by atoms with van der Waals surface area (Å²) in [7, 11) is 0. The molecule has 0 radical (unpaired) electrons. The lowest BCUT2D eigenvalue weighted by Crippen LogP contribution is -2.37. The van der Waals surface area contributed by atoms with Gasteiger partial charge in [-0.05, 0) is 72.4 Å². The van der Waals surface area contributed by atoms with Crippen molar-refractivity contribution in [2.75, 3.05) is 17.0 Å². The molecule has 0 spiro atoms. The summed E-state index contributed by atoms with van der Waals surface area (Å²) in [6.45, 7) is 0.203. The van der Waals surface area contributed by atoms with Crippen molar-refractivity contribution in [1.29, 1.82) is 0 Å². The van der Waals surface area contributed by atoms with E-state index in [1.165, 1.54) is 17.0 Å². The van der Waals surface area contributed by atoms with Crippen LogP contribution >= 0.6 is 28.1 Å². The normalized spacial score (nSPS) is 16.8. The van der Waals surface area contributed by atoms with Gasteiger partial charge in [0, 0.05) is 16.7 Å². The Kier molecular flexibility index (Phi) is 7.01. The molecular weight excluding hydrogens is 587 g/mol. The maximum absolute atomic E-state index is 13.6. The van der Waals surface area contributed by atoms with Gasteiger partial charge in [0.05, 0.1) is 17.7 Å². The molecule has 196 valence electrons. The summed E-state index contributed by atoms with van der Waals surface area (Å²) in [5.74, 6) is 0.0547. The minimum absolute atomic E-state index is 0.00608. The number of carbonyl (C=O) groups excluding carboxylic acids is 2. The SMILES string of the molecule is O=C(CC1C(=O)N(c2cccc(C(F)(F)F)c2)C(=S)N1Cc1ccc2c(c1)OCO2)Nc1ccc(Br)cc1. The van der Waals surface area contributed by atoms with E-state index in [0.29, 0.717) is 22.7 Å². The monoisotopic (exact) mass is 605 g/mol. The first-order chi connectivity index (χ1) is 18.1. The molecule has 2 aliphatic heterocycles. The average molecular weight is 606 g/mol. The fourth-order valence-electron chi connectivity index (χ4n) is 4.23. The molecular formula is C26H19BrF3N3O4S. The van der Waals surface area contributed by atoms with E-state index >= 15 is 0 Å². The Bertz CT molecular complexity index is 1420. The molecule has 3 aromatic carbocycles. The third kappa shape index (κ3) is 5.32. The van der Waals surface area contributed by atoms with E-state index in [1.807, 2.05) is 0 Å². The molecule has 38 heavy (non-hydrogen) atoms. The van der Waals surface area contributed by atoms with Gasteiger partial charge in [0.15, 0.2) is 16.6 Å². The molecule has 3 aromatic rings. The van der Waals surface area contributed by atoms with Crippen molar-refractivity contribution in [3.05, 3.63) is 82.3 Å². The number of alkyl halides is 3. The molecule has 1 saturated heterocycles. The number of amides is 2. The Labute approximate surface area is 229 Å². The first-order valence-electron chi connectivity index (χ1n) is 11.4. The number of carbonyl (C=O) groups is 2. The minimum Gasteiger partial charge on any atom is -0.454 e. The number of rotatable bonds is 6. The average Bonchev–Trinajstić information content (AvgIpc) is 3.43. The van der Waals surface area contributed by atoms with Crippen LogP contribution in [0.2, 0.25) is 0 Å². The van der Waals surface area contributed by atoms with Gasteiger partial charge < -0.3 is 19.7 Å². The van der Waals surface area contributed by atoms with Crippen LogP contribution in [0, 0.1) is 0 Å². The van der Waals surface area contributed by atoms with Crippen molar-refractivity contribution in [3.8, 4) is 11.5 Å². The van der Waals surface area contributed by atoms with Gasteiger partial charge in [0.25, 0.3) is 5.91 Å². The summed E-state index contributed by atoms with van der Waals surface area (Å²) in [5, 5.41) is 2.74. The second-order valence-corrected chi connectivity index (χ2v) is 9.88. The van der Waals surface area contributed by atoms with E-state index in [9.17, 15) is 22.8 Å². The lowest BCUT2D eigenvalue weighted by atomic mass is 10.1. The molecule has 1 unspecified atom stereocenters. The number of anilines is 2. The van der Waals surface area contributed by atoms with E-state index in [1.54, 1.807) is 42.5 Å². The van der Waals surface area contributed by atoms with Crippen molar-refractivity contribution in [2.24, 2.45) is 0 Å². The molecule has 2 aliphatic rings. The number of hydrogen-bond donors (Lipinski definition) is 1. The zero-order valence-electron chi connectivity index (χ0n) is 19.5. The molecule has 1 atom stereocenters. The van der Waals surface area contributed by atoms with Gasteiger partial charge in [-0.2, -0.15) is 13.2 Å². The van der Waals surface area contributed by atoms with Crippen LogP contribution in [0.4, 0.5) is 24.5 Å². The molecule has 1 N–H and O–H groups in total. The lowest BCUT2D eigenvalue weighted by molar-refractivity contribution is -0.137. The third-order valence-electron chi connectivity index (χ3n) is 6.05. The first-order valence-corrected chi connectivity index (χ1v) is 12.6. The Morgan fingerprint density at radius 1 is 1.05 bits per heavy atom. The second-order valence-electron chi connectivity index (χ2n) is 8.59. The van der Waals surface area contributed by atoms with Gasteiger partial charge in [0.1, 0.15) is 6.04 Å². The number of halogens is 4. The van der Waals surface area contributed by atoms with Crippen LogP contribution in [0.15, 0.2) is 71.2 Å². The topological polar surface area (TPSA) is 71.1 Å². The molecule has 7 nitrogen and oxygen atoms in total. The number of nitrogens with one attached hydrogen (secondary N) is 1. The van der Waals surface area contributed by atoms with Crippen molar-refractivity contribution in [3.63, 3.8) is 0 Å². The molecule has 2 heterocycles. The van der Waals surface area contributed by atoms with Crippen LogP contribution in [-0.4, -0.2) is 34.7 Å². The van der Waals surface area contributed by atoms with Crippen LogP contribution in [-0.2, 0) is 22.3 Å². The Hall–Kier alpha value is -3.64. The van der Waals surface area contributed by atoms with Crippen LogP contribution in [0.25, 0.3) is 0 Å². The number of fused-ring (bicyclic) bond motifs is 1. The van der Waals surface area contributed by atoms with Gasteiger partial charge in [-0.1, -0.05) is 28.1 Å². The number of thiocarbonyl (C=S) groups is 1. The van der Waals surface area contributed by atoms with Gasteiger partial charge in [-0.25, -0.2) is 0 Å². The summed E-state index contributed by atoms with van der Waals surface area (Å²) in [6.07, 6.45) is -4.87. The molecule has 0 saturated carbocycles. The molecule has 1 fully saturated rings. The zero-order chi connectivity index (χ0) is 27.0. The summed E-state index contributed by atoms with van der Waals surface area (Å²) in [6, 6.07) is 15.5. The van der Waals surface area contributed by atoms with E-state index in [2.05, 4.69) is 21.2 Å². The molecule has 12 heteroatoms. The van der Waals surface area contributed by atoms with E-state index < -0.39 is 29.6 Å². The third-order valence-corrected chi connectivity index (χ3v) is 6.99. The zero-order valence-corrected chi connectivity index (χ0v) is 21.9. The first kappa shape index (κ1) is 26.0. The highest BCUT2D eigenvalue weighted by molar-refractivity contribution is 9.10. The maximum Gasteiger partial charge on any atom is 0.416 e. The van der Waals surface area contributed by atoms with Crippen LogP contribution in [0.3, 0.4) is 0 Å². The van der Waals surface area contributed by atoms with E-state index in [-0.39, 0.29) is 30.6 Å². The highest BCUT2D eigenvalue weighted by Crippen LogP contribution is 2.36. The van der Waals surface area contributed by atoms with Gasteiger partial charge >= 0.3 is 6.18 Å². The number of benzene rings is 3. The highest BCUT2D eigenvalue weighted by Gasteiger charge is 2.45. The summed E-state index contributed by atoms with van der Waals surface area (Å²) >= 11 is 8.92. The number of hydrogen-bond acceptors (Lipinski definition) is 5. The maximum atomic E-state index is 13.6. The van der Waals surface area contributed by atoms with Crippen LogP contribution in [0.5, 0.6) is 11.5 Å². The van der Waals surface area contributed by atoms with Crippen LogP contribution in [0.1, 0.15) is 17.5 Å². The fraction of sp³-hybridized carbons (Fsp3) is 0.192. The summed E-state index contributed by atoms with van der Waals surface area (Å²) < 4.78 is 51.7. The largest absolute Gasteiger partial charge is 0.454 e. The highest BCUT2D eigenvalue weighted by atomic mass is 79.9. The molecule has 0 aromatic heterocycles. The van der Waals surface area contributed by atoms with Crippen LogP contribution < -0.4 is 19.7 Å². The smallest absolute Gasteiger partial charge is 0.416 e. The molecule has 2 amide bonds. The number of ether oxygens (including phenoxy) is 2. The molecule has 5 rings (SSSR count). The Morgan fingerprint density at radius 2 is 1.79 bits per heavy atom. The second kappa shape index (κ2) is 10.3. The van der Waals surface area contributed by atoms with E-state index in [4.69, 9.17) is 21.7 Å². The minimum atomic E-state index is -4.60. The van der Waals surface area contributed by atoms with Crippen molar-refractivity contribution < 1.29 is 32.2 Å². The lowest BCUT2D eigenvalue weighted by Gasteiger charge is -2.24. The Balaban J connectivity index is 1.44. The molecule has 0 aliphatic carbocycles. The van der Waals surface area contributed by atoms with E-state index in [0.717, 1.165) is 21.5 Å². The van der Waals surface area contributed by atoms with Gasteiger partial charge in [0.2, 0.25) is 12.7 Å². The predicted molar refractivity (Wildman–Crippen MR) is 141 cm³/mol. The van der Waals surface area contributed by atoms with Crippen molar-refractivity contribution in [1.82, 2.24) is 4.90 Å². The van der Waals surface area contributed by atoms with Gasteiger partial charge in [-0.15, -0.1) is 0 Å². The fourth-order valence-corrected chi connectivity index (χ4v) is 4.88.